The van der Waals surface area contributed by atoms with E-state index in [4.69, 9.17) is 10.5 Å². The number of rotatable bonds is 2. The van der Waals surface area contributed by atoms with Gasteiger partial charge in [-0.2, -0.15) is 0 Å². The zero-order valence-electron chi connectivity index (χ0n) is 12.2. The van der Waals surface area contributed by atoms with E-state index in [1.54, 1.807) is 6.07 Å². The molecule has 0 spiro atoms. The summed E-state index contributed by atoms with van der Waals surface area (Å²) in [6.07, 6.45) is 3.82. The predicted octanol–water partition coefficient (Wildman–Crippen LogP) is 2.91. The lowest BCUT2D eigenvalue weighted by molar-refractivity contribution is 0.0255. The topological polar surface area (TPSA) is 38.5 Å². The first-order valence-corrected chi connectivity index (χ1v) is 7.52. The van der Waals surface area contributed by atoms with E-state index in [0.717, 1.165) is 37.2 Å². The molecule has 3 unspecified atom stereocenters. The van der Waals surface area contributed by atoms with Crippen LogP contribution >= 0.6 is 0 Å². The van der Waals surface area contributed by atoms with Crippen molar-refractivity contribution in [2.24, 2.45) is 5.73 Å². The van der Waals surface area contributed by atoms with E-state index in [1.165, 1.54) is 6.42 Å². The molecule has 1 heterocycles. The van der Waals surface area contributed by atoms with Crippen molar-refractivity contribution in [1.82, 2.24) is 0 Å². The highest BCUT2D eigenvalue weighted by Crippen LogP contribution is 2.37. The third-order valence-corrected chi connectivity index (χ3v) is 4.59. The summed E-state index contributed by atoms with van der Waals surface area (Å²) in [5.41, 5.74) is 8.74. The molecule has 1 aromatic carbocycles. The van der Waals surface area contributed by atoms with Crippen LogP contribution in [-0.4, -0.2) is 25.3 Å². The zero-order valence-corrected chi connectivity index (χ0v) is 12.2. The summed E-state index contributed by atoms with van der Waals surface area (Å²) < 4.78 is 19.7. The molecule has 3 atom stereocenters. The van der Waals surface area contributed by atoms with Gasteiger partial charge in [-0.15, -0.1) is 0 Å². The summed E-state index contributed by atoms with van der Waals surface area (Å²) in [5, 5.41) is 0. The van der Waals surface area contributed by atoms with Gasteiger partial charge >= 0.3 is 0 Å². The fourth-order valence-electron chi connectivity index (χ4n) is 3.52. The van der Waals surface area contributed by atoms with Gasteiger partial charge in [0.2, 0.25) is 0 Å². The normalized spacial score (nSPS) is 27.5. The molecule has 0 amide bonds. The first-order valence-electron chi connectivity index (χ1n) is 7.52. The lowest BCUT2D eigenvalue weighted by atomic mass is 10.00. The quantitative estimate of drug-likeness (QED) is 0.904. The number of fused-ring (bicyclic) bond motifs is 1. The predicted molar refractivity (Wildman–Crippen MR) is 78.5 cm³/mol. The number of aryl methyl sites for hydroxylation is 1. The van der Waals surface area contributed by atoms with Gasteiger partial charge in [0.05, 0.1) is 18.8 Å². The van der Waals surface area contributed by atoms with Crippen LogP contribution in [0.1, 0.15) is 43.4 Å². The number of nitrogens with two attached hydrogens (primary N) is 1. The highest BCUT2D eigenvalue weighted by Gasteiger charge is 2.37. The first-order chi connectivity index (χ1) is 9.58. The molecule has 1 aliphatic carbocycles. The van der Waals surface area contributed by atoms with Crippen LogP contribution < -0.4 is 10.6 Å². The van der Waals surface area contributed by atoms with Crippen LogP contribution in [0.15, 0.2) is 12.1 Å². The number of hydrogen-bond acceptors (Lipinski definition) is 3. The maximum Gasteiger partial charge on any atom is 0.126 e. The van der Waals surface area contributed by atoms with Crippen molar-refractivity contribution >= 4 is 5.69 Å². The molecule has 1 saturated heterocycles. The molecule has 2 N–H and O–H groups in total. The van der Waals surface area contributed by atoms with Crippen molar-refractivity contribution in [3.63, 3.8) is 0 Å². The van der Waals surface area contributed by atoms with Crippen molar-refractivity contribution in [2.45, 2.75) is 51.3 Å². The Morgan fingerprint density at radius 2 is 2.20 bits per heavy atom. The van der Waals surface area contributed by atoms with E-state index >= 15 is 0 Å². The third-order valence-electron chi connectivity index (χ3n) is 4.59. The molecule has 1 aromatic rings. The van der Waals surface area contributed by atoms with E-state index in [1.807, 2.05) is 19.9 Å². The zero-order chi connectivity index (χ0) is 14.3. The molecule has 4 heteroatoms. The largest absolute Gasteiger partial charge is 0.374 e. The van der Waals surface area contributed by atoms with Crippen LogP contribution in [-0.2, 0) is 4.74 Å². The van der Waals surface area contributed by atoms with Crippen molar-refractivity contribution in [2.75, 3.05) is 18.1 Å². The van der Waals surface area contributed by atoms with Crippen LogP contribution in [0.2, 0.25) is 0 Å². The number of hydrogen-bond donors (Lipinski definition) is 1. The standard InChI is InChI=1S/C16H23FN2O/c1-10-8-15(12(11(2)18)9-13(10)17)19-6-7-20-16-5-3-4-14(16)19/h8-9,11,14,16H,3-7,18H2,1-2H3. The lowest BCUT2D eigenvalue weighted by Crippen LogP contribution is -2.49. The summed E-state index contributed by atoms with van der Waals surface area (Å²) in [6, 6.07) is 3.82. The van der Waals surface area contributed by atoms with Gasteiger partial charge in [0.15, 0.2) is 0 Å². The Labute approximate surface area is 119 Å². The molecule has 0 aromatic heterocycles. The molecular weight excluding hydrogens is 255 g/mol. The van der Waals surface area contributed by atoms with E-state index in [2.05, 4.69) is 4.90 Å². The smallest absolute Gasteiger partial charge is 0.126 e. The maximum absolute atomic E-state index is 13.9. The van der Waals surface area contributed by atoms with Crippen molar-refractivity contribution in [1.29, 1.82) is 0 Å². The SMILES string of the molecule is Cc1cc(N2CCOC3CCCC32)c(C(C)N)cc1F. The summed E-state index contributed by atoms with van der Waals surface area (Å²) in [5.74, 6) is -0.169. The number of nitrogens with zero attached hydrogens (tertiary/aromatic N) is 1. The minimum absolute atomic E-state index is 0.164. The average Bonchev–Trinajstić information content (AvgIpc) is 2.89. The van der Waals surface area contributed by atoms with Crippen molar-refractivity contribution < 1.29 is 9.13 Å². The fourth-order valence-corrected chi connectivity index (χ4v) is 3.52. The number of morpholine rings is 1. The fraction of sp³-hybridized carbons (Fsp3) is 0.625. The van der Waals surface area contributed by atoms with Gasteiger partial charge in [-0.05, 0) is 56.4 Å². The number of benzene rings is 1. The molecule has 0 radical (unpaired) electrons. The van der Waals surface area contributed by atoms with Gasteiger partial charge in [0.25, 0.3) is 0 Å². The third kappa shape index (κ3) is 2.31. The van der Waals surface area contributed by atoms with Crippen LogP contribution in [0, 0.1) is 12.7 Å². The summed E-state index contributed by atoms with van der Waals surface area (Å²) in [7, 11) is 0. The molecule has 1 saturated carbocycles. The number of anilines is 1. The monoisotopic (exact) mass is 278 g/mol. The molecule has 110 valence electrons. The molecule has 2 fully saturated rings. The highest BCUT2D eigenvalue weighted by molar-refractivity contribution is 5.58. The van der Waals surface area contributed by atoms with Crippen LogP contribution in [0.5, 0.6) is 0 Å². The molecule has 20 heavy (non-hydrogen) atoms. The van der Waals surface area contributed by atoms with E-state index in [9.17, 15) is 4.39 Å². The summed E-state index contributed by atoms with van der Waals surface area (Å²) >= 11 is 0. The molecule has 0 bridgehead atoms. The highest BCUT2D eigenvalue weighted by atomic mass is 19.1. The molecule has 1 aliphatic heterocycles. The van der Waals surface area contributed by atoms with Crippen molar-refractivity contribution in [3.8, 4) is 0 Å². The second kappa shape index (κ2) is 5.34. The van der Waals surface area contributed by atoms with Crippen molar-refractivity contribution in [3.05, 3.63) is 29.1 Å². The Kier molecular flexibility index (Phi) is 3.69. The molecular formula is C16H23FN2O. The van der Waals surface area contributed by atoms with Crippen LogP contribution in [0.3, 0.4) is 0 Å². The van der Waals surface area contributed by atoms with Gasteiger partial charge in [-0.1, -0.05) is 0 Å². The van der Waals surface area contributed by atoms with Crippen LogP contribution in [0.4, 0.5) is 10.1 Å². The van der Waals surface area contributed by atoms with E-state index in [0.29, 0.717) is 17.7 Å². The maximum atomic E-state index is 13.9. The summed E-state index contributed by atoms with van der Waals surface area (Å²) in [4.78, 5) is 2.40. The second-order valence-electron chi connectivity index (χ2n) is 6.05. The first kappa shape index (κ1) is 13.8. The minimum atomic E-state index is -0.169. The Morgan fingerprint density at radius 1 is 1.40 bits per heavy atom. The minimum Gasteiger partial charge on any atom is -0.374 e. The Morgan fingerprint density at radius 3 is 2.95 bits per heavy atom. The Hall–Kier alpha value is -1.13. The van der Waals surface area contributed by atoms with Gasteiger partial charge in [-0.25, -0.2) is 4.39 Å². The lowest BCUT2D eigenvalue weighted by Gasteiger charge is -2.40. The van der Waals surface area contributed by atoms with Gasteiger partial charge in [0, 0.05) is 18.3 Å². The van der Waals surface area contributed by atoms with Gasteiger partial charge < -0.3 is 15.4 Å². The Balaban J connectivity index is 2.01. The molecule has 3 nitrogen and oxygen atoms in total. The average molecular weight is 278 g/mol. The number of ether oxygens (including phenoxy) is 1. The molecule has 2 aliphatic rings. The van der Waals surface area contributed by atoms with E-state index in [-0.39, 0.29) is 11.9 Å². The molecule has 3 rings (SSSR count). The summed E-state index contributed by atoms with van der Waals surface area (Å²) in [6.45, 7) is 5.35. The second-order valence-corrected chi connectivity index (χ2v) is 6.05. The Bertz CT molecular complexity index is 503. The van der Waals surface area contributed by atoms with Gasteiger partial charge in [-0.3, -0.25) is 0 Å². The van der Waals surface area contributed by atoms with Gasteiger partial charge in [0.1, 0.15) is 5.82 Å². The van der Waals surface area contributed by atoms with E-state index < -0.39 is 0 Å². The number of halogens is 1. The van der Waals surface area contributed by atoms with Crippen LogP contribution in [0.25, 0.3) is 0 Å².